The fraction of sp³-hybridized carbons (Fsp3) is 0.474. The molecule has 0 saturated heterocycles. The third kappa shape index (κ3) is 8.90. The first-order valence-corrected chi connectivity index (χ1v) is 17.7. The minimum atomic E-state index is -2.75. The number of aromatic carboxylic acids is 1. The van der Waals surface area contributed by atoms with E-state index in [0.717, 1.165) is 24.8 Å². The minimum Gasteiger partial charge on any atom is -0.510 e. The van der Waals surface area contributed by atoms with Gasteiger partial charge >= 0.3 is 5.97 Å². The van der Waals surface area contributed by atoms with Crippen molar-refractivity contribution < 1.29 is 80.1 Å². The Bertz CT molecular complexity index is 1910. The molecule has 0 unspecified atom stereocenters. The smallest absolute Gasteiger partial charge is 0.354 e. The molecule has 13 N–H and O–H groups in total. The van der Waals surface area contributed by atoms with Crippen LogP contribution in [0.25, 0.3) is 0 Å². The number of hydrogen-bond acceptors (Lipinski definition) is 17. The standard InChI is InChI=1S/C22H24N2O8.C10H13NO2.C6H12O6/c1-21(31)8-5-4-6-11(25)12(8)16(26)13-9(21)7-10-15(24(2)3)17(27)14(20(23)30)19(29)22(10,32)18(13)28;1-2-3-4-8-5-6-9(10(12)13)11-7-8;7-1-3(9)5(11)6(12)4(10)2-8/h4-6,9-10,15,25,27-28,31-32H,7H2,1-3H3,(H2,23,30);5-7H,2-4H2,1H3,(H,12,13);1,3-6,8-12H,2H2/t9-,10-,15-,21+,22-;;3-,4+,5+,6-/m0.0/s1. The highest BCUT2D eigenvalue weighted by molar-refractivity contribution is 6.24. The number of hydrogen-bond donors (Lipinski definition) is 12. The van der Waals surface area contributed by atoms with Gasteiger partial charge in [0.05, 0.1) is 23.8 Å². The lowest BCUT2D eigenvalue weighted by Gasteiger charge is -2.52. The number of aromatic nitrogens is 1. The Balaban J connectivity index is 0.000000286. The number of Topliss-reactive ketones (excluding diaryl/α,β-unsaturated/α-hetero) is 2. The summed E-state index contributed by atoms with van der Waals surface area (Å²) in [5.41, 5.74) is 0.561. The number of carbonyl (C=O) groups excluding carboxylic acids is 4. The number of ketones is 2. The van der Waals surface area contributed by atoms with E-state index in [-0.39, 0.29) is 29.5 Å². The molecule has 2 aromatic rings. The van der Waals surface area contributed by atoms with Crippen molar-refractivity contribution in [1.29, 1.82) is 0 Å². The molecule has 1 aromatic heterocycles. The summed E-state index contributed by atoms with van der Waals surface area (Å²) < 4.78 is 0. The number of aliphatic hydroxyl groups is 9. The van der Waals surface area contributed by atoms with E-state index in [1.54, 1.807) is 12.3 Å². The van der Waals surface area contributed by atoms with Gasteiger partial charge in [0.2, 0.25) is 5.78 Å². The molecule has 1 heterocycles. The number of pyridine rings is 1. The highest BCUT2D eigenvalue weighted by Crippen LogP contribution is 2.56. The number of phenolic OH excluding ortho intramolecular Hbond substituents is 1. The van der Waals surface area contributed by atoms with E-state index in [4.69, 9.17) is 36.4 Å². The number of amides is 1. The normalized spacial score (nSPS) is 26.0. The number of phenols is 1. The molecular weight excluding hydrogens is 754 g/mol. The van der Waals surface area contributed by atoms with Gasteiger partial charge in [-0.3, -0.25) is 19.3 Å². The molecule has 57 heavy (non-hydrogen) atoms. The molecule has 0 spiro atoms. The summed E-state index contributed by atoms with van der Waals surface area (Å²) in [6, 6.07) is 6.43. The number of carboxylic acids is 1. The SMILES string of the molecule is CCCCc1ccc(C(=O)O)nc1.CN(C)[C@@H]1C(O)=C(C(N)=O)C(=O)[C@@]2(O)C(O)=C3C(=O)c4c(O)cccc4[C@@](C)(O)[C@H]3C[C@@H]12.O=C[C@H](O)[C@@H](O)[C@@H](O)[C@H](O)CO. The van der Waals surface area contributed by atoms with Crippen LogP contribution in [0, 0.1) is 11.8 Å². The zero-order valence-electron chi connectivity index (χ0n) is 31.6. The minimum absolute atomic E-state index is 0.0258. The first-order valence-electron chi connectivity index (χ1n) is 17.7. The maximum atomic E-state index is 13.3. The van der Waals surface area contributed by atoms with E-state index in [1.165, 1.54) is 44.1 Å². The summed E-state index contributed by atoms with van der Waals surface area (Å²) in [4.78, 5) is 64.1. The van der Waals surface area contributed by atoms with Crippen LogP contribution in [0.5, 0.6) is 5.75 Å². The molecule has 3 aliphatic carbocycles. The zero-order valence-corrected chi connectivity index (χ0v) is 31.6. The lowest BCUT2D eigenvalue weighted by atomic mass is 9.55. The van der Waals surface area contributed by atoms with Gasteiger partial charge in [-0.05, 0) is 63.5 Å². The van der Waals surface area contributed by atoms with Crippen molar-refractivity contribution in [1.82, 2.24) is 9.88 Å². The summed E-state index contributed by atoms with van der Waals surface area (Å²) in [7, 11) is 3.06. The second-order valence-corrected chi connectivity index (χ2v) is 14.3. The Hall–Kier alpha value is -5.12. The van der Waals surface area contributed by atoms with E-state index in [2.05, 4.69) is 11.9 Å². The van der Waals surface area contributed by atoms with E-state index in [0.29, 0.717) is 0 Å². The number of carbonyl (C=O) groups is 5. The Morgan fingerprint density at radius 2 is 1.67 bits per heavy atom. The Labute approximate surface area is 326 Å². The van der Waals surface area contributed by atoms with E-state index in [1.807, 2.05) is 6.07 Å². The molecule has 0 aliphatic heterocycles. The molecule has 9 atom stereocenters. The van der Waals surface area contributed by atoms with Crippen LogP contribution in [0.2, 0.25) is 0 Å². The van der Waals surface area contributed by atoms with Crippen LogP contribution in [0.3, 0.4) is 0 Å². The maximum Gasteiger partial charge on any atom is 0.354 e. The van der Waals surface area contributed by atoms with Gasteiger partial charge in [0.25, 0.3) is 5.91 Å². The topological polar surface area (TPSA) is 350 Å². The average Bonchev–Trinajstić information content (AvgIpc) is 3.16. The second-order valence-electron chi connectivity index (χ2n) is 14.3. The van der Waals surface area contributed by atoms with Crippen molar-refractivity contribution in [2.24, 2.45) is 17.6 Å². The van der Waals surface area contributed by atoms with Crippen LogP contribution in [-0.2, 0) is 26.4 Å². The van der Waals surface area contributed by atoms with Gasteiger partial charge in [0, 0.05) is 23.6 Å². The van der Waals surface area contributed by atoms with Gasteiger partial charge < -0.3 is 66.7 Å². The van der Waals surface area contributed by atoms with Crippen LogP contribution >= 0.6 is 0 Å². The number of aliphatic hydroxyl groups excluding tert-OH is 7. The summed E-state index contributed by atoms with van der Waals surface area (Å²) in [5.74, 6) is -8.86. The van der Waals surface area contributed by atoms with Crippen LogP contribution < -0.4 is 5.73 Å². The molecule has 19 nitrogen and oxygen atoms in total. The summed E-state index contributed by atoms with van der Waals surface area (Å²) in [5, 5.41) is 107. The lowest BCUT2D eigenvalue weighted by Crippen LogP contribution is -2.65. The van der Waals surface area contributed by atoms with E-state index < -0.39 is 112 Å². The molecule has 3 aliphatic rings. The van der Waals surface area contributed by atoms with Crippen LogP contribution in [0.4, 0.5) is 0 Å². The molecule has 312 valence electrons. The highest BCUT2D eigenvalue weighted by Gasteiger charge is 2.65. The van der Waals surface area contributed by atoms with Crippen molar-refractivity contribution in [3.63, 3.8) is 0 Å². The van der Waals surface area contributed by atoms with Crippen LogP contribution in [-0.4, -0.2) is 153 Å². The second kappa shape index (κ2) is 18.4. The van der Waals surface area contributed by atoms with Crippen molar-refractivity contribution in [3.05, 3.63) is 81.6 Å². The van der Waals surface area contributed by atoms with Gasteiger partial charge in [-0.2, -0.15) is 0 Å². The van der Waals surface area contributed by atoms with Crippen molar-refractivity contribution in [2.45, 2.75) is 81.2 Å². The third-order valence-corrected chi connectivity index (χ3v) is 10.3. The zero-order chi connectivity index (χ0) is 43.3. The summed E-state index contributed by atoms with van der Waals surface area (Å²) in [6.07, 6.45) is -2.17. The number of likely N-dealkylation sites (N-methyl/N-ethyl adjacent to an activating group) is 1. The van der Waals surface area contributed by atoms with Gasteiger partial charge in [-0.1, -0.05) is 31.5 Å². The molecule has 5 rings (SSSR count). The Morgan fingerprint density at radius 1 is 1.04 bits per heavy atom. The number of aryl methyl sites for hydroxylation is 1. The first kappa shape index (κ1) is 46.3. The lowest BCUT2D eigenvalue weighted by molar-refractivity contribution is -0.152. The Kier molecular flexibility index (Phi) is 15.0. The predicted molar refractivity (Wildman–Crippen MR) is 197 cm³/mol. The third-order valence-electron chi connectivity index (χ3n) is 10.3. The predicted octanol–water partition coefficient (Wildman–Crippen LogP) is -1.47. The van der Waals surface area contributed by atoms with Gasteiger partial charge in [-0.15, -0.1) is 0 Å². The molecule has 0 bridgehead atoms. The molecule has 1 amide bonds. The number of rotatable bonds is 11. The van der Waals surface area contributed by atoms with Gasteiger partial charge in [-0.25, -0.2) is 9.78 Å². The Morgan fingerprint density at radius 3 is 2.16 bits per heavy atom. The van der Waals surface area contributed by atoms with Crippen molar-refractivity contribution in [2.75, 3.05) is 20.7 Å². The summed E-state index contributed by atoms with van der Waals surface area (Å²) >= 11 is 0. The molecule has 0 saturated carbocycles. The fourth-order valence-electron chi connectivity index (χ4n) is 7.21. The van der Waals surface area contributed by atoms with Gasteiger partial charge in [0.1, 0.15) is 53.0 Å². The quantitative estimate of drug-likeness (QED) is 0.0911. The van der Waals surface area contributed by atoms with E-state index >= 15 is 0 Å². The number of primary amides is 1. The van der Waals surface area contributed by atoms with E-state index in [9.17, 15) is 49.5 Å². The fourth-order valence-corrected chi connectivity index (χ4v) is 7.21. The average molecular weight is 804 g/mol. The first-order chi connectivity index (χ1) is 26.5. The number of aldehydes is 1. The monoisotopic (exact) mass is 803 g/mol. The number of benzene rings is 1. The number of fused-ring (bicyclic) bond motifs is 3. The summed E-state index contributed by atoms with van der Waals surface area (Å²) in [6.45, 7) is 2.77. The number of aromatic hydroxyl groups is 1. The largest absolute Gasteiger partial charge is 0.510 e. The molecule has 0 radical (unpaired) electrons. The number of nitrogens with zero attached hydrogens (tertiary/aromatic N) is 2. The molecular formula is C38H49N3O16. The van der Waals surface area contributed by atoms with Crippen molar-refractivity contribution >= 4 is 29.7 Å². The van der Waals surface area contributed by atoms with Crippen LogP contribution in [0.1, 0.15) is 65.1 Å². The number of unbranched alkanes of at least 4 members (excludes halogenated alkanes) is 1. The van der Waals surface area contributed by atoms with Crippen LogP contribution in [0.15, 0.2) is 59.2 Å². The maximum absolute atomic E-state index is 13.3. The van der Waals surface area contributed by atoms with Gasteiger partial charge in [0.15, 0.2) is 17.7 Å². The molecule has 1 aromatic carbocycles. The van der Waals surface area contributed by atoms with Crippen molar-refractivity contribution in [3.8, 4) is 5.75 Å². The molecule has 19 heteroatoms. The molecule has 0 fully saturated rings. The number of nitrogens with two attached hydrogens (primary N) is 1. The number of carboxylic acid groups (broad SMARTS) is 1. The highest BCUT2D eigenvalue weighted by atomic mass is 16.4.